The smallest absolute Gasteiger partial charge is 0.407 e. The van der Waals surface area contributed by atoms with E-state index in [1.807, 2.05) is 20.8 Å². The predicted molar refractivity (Wildman–Crippen MR) is 116 cm³/mol. The van der Waals surface area contributed by atoms with E-state index in [4.69, 9.17) is 9.16 Å². The van der Waals surface area contributed by atoms with Gasteiger partial charge in [-0.15, -0.1) is 0 Å². The number of amides is 1. The monoisotopic (exact) mass is 403 g/mol. The summed E-state index contributed by atoms with van der Waals surface area (Å²) in [6, 6.07) is -0.324. The fraction of sp³-hybridized carbons (Fsp3) is 0.952. The molecule has 0 aliphatic rings. The highest BCUT2D eigenvalue weighted by Crippen LogP contribution is 2.37. The predicted octanol–water partition coefficient (Wildman–Crippen LogP) is 5.33. The second kappa shape index (κ2) is 10.3. The molecule has 0 fully saturated rings. The number of carbonyl (C=O) groups is 1. The molecule has 2 N–H and O–H groups in total. The minimum Gasteiger partial charge on any atom is -0.444 e. The zero-order valence-electron chi connectivity index (χ0n) is 19.6. The van der Waals surface area contributed by atoms with Crippen molar-refractivity contribution >= 4 is 14.4 Å². The second-order valence-electron chi connectivity index (χ2n) is 10.9. The summed E-state index contributed by atoms with van der Waals surface area (Å²) in [7, 11) is -1.80. The maximum atomic E-state index is 12.1. The van der Waals surface area contributed by atoms with Crippen molar-refractivity contribution in [2.24, 2.45) is 11.8 Å². The topological polar surface area (TPSA) is 67.8 Å². The number of hydrogen-bond donors (Lipinski definition) is 2. The molecule has 3 atom stereocenters. The Kier molecular flexibility index (Phi) is 10.0. The van der Waals surface area contributed by atoms with Crippen LogP contribution in [0.4, 0.5) is 4.79 Å². The summed E-state index contributed by atoms with van der Waals surface area (Å²) in [6.45, 7) is 23.5. The Bertz CT molecular complexity index is 452. The number of alkyl carbamates (subject to hydrolysis) is 1. The summed E-state index contributed by atoms with van der Waals surface area (Å²) in [6.07, 6.45) is 0.188. The molecule has 27 heavy (non-hydrogen) atoms. The summed E-state index contributed by atoms with van der Waals surface area (Å²) in [4.78, 5) is 12.1. The molecule has 0 radical (unpaired) electrons. The summed E-state index contributed by atoms with van der Waals surface area (Å²) in [5.41, 5.74) is -0.554. The van der Waals surface area contributed by atoms with E-state index in [1.165, 1.54) is 0 Å². The lowest BCUT2D eigenvalue weighted by molar-refractivity contribution is 0.0357. The molecule has 5 nitrogen and oxygen atoms in total. The van der Waals surface area contributed by atoms with Crippen LogP contribution in [0.1, 0.15) is 75.2 Å². The Labute approximate surface area is 168 Å². The molecule has 162 valence electrons. The van der Waals surface area contributed by atoms with Gasteiger partial charge >= 0.3 is 6.09 Å². The maximum absolute atomic E-state index is 12.1. The number of hydrogen-bond acceptors (Lipinski definition) is 4. The first-order chi connectivity index (χ1) is 11.9. The van der Waals surface area contributed by atoms with Gasteiger partial charge in [0.05, 0.1) is 12.1 Å². The Morgan fingerprint density at radius 3 is 1.96 bits per heavy atom. The van der Waals surface area contributed by atoms with Crippen molar-refractivity contribution in [1.29, 1.82) is 0 Å². The quantitative estimate of drug-likeness (QED) is 0.510. The number of nitrogens with one attached hydrogen (secondary N) is 1. The Morgan fingerprint density at radius 1 is 1.04 bits per heavy atom. The van der Waals surface area contributed by atoms with Crippen LogP contribution in [0.5, 0.6) is 0 Å². The third-order valence-electron chi connectivity index (χ3n) is 5.07. The Morgan fingerprint density at radius 2 is 1.56 bits per heavy atom. The summed E-state index contributed by atoms with van der Waals surface area (Å²) in [5, 5.41) is 13.8. The molecular weight excluding hydrogens is 358 g/mol. The number of ether oxygens (including phenoxy) is 1. The van der Waals surface area contributed by atoms with E-state index in [-0.39, 0.29) is 17.0 Å². The number of aliphatic hydroxyl groups is 1. The van der Waals surface area contributed by atoms with Crippen molar-refractivity contribution in [2.75, 3.05) is 6.61 Å². The van der Waals surface area contributed by atoms with Crippen molar-refractivity contribution in [3.63, 3.8) is 0 Å². The van der Waals surface area contributed by atoms with Crippen molar-refractivity contribution in [3.05, 3.63) is 0 Å². The summed E-state index contributed by atoms with van der Waals surface area (Å²) < 4.78 is 11.6. The van der Waals surface area contributed by atoms with Gasteiger partial charge in [-0.2, -0.15) is 0 Å². The maximum Gasteiger partial charge on any atom is 0.407 e. The second-order valence-corrected chi connectivity index (χ2v) is 15.7. The van der Waals surface area contributed by atoms with E-state index in [2.05, 4.69) is 60.0 Å². The average Bonchev–Trinajstić information content (AvgIpc) is 2.40. The molecule has 0 aliphatic heterocycles. The summed E-state index contributed by atoms with van der Waals surface area (Å²) >= 11 is 0. The van der Waals surface area contributed by atoms with Crippen LogP contribution in [0.15, 0.2) is 0 Å². The first-order valence-corrected chi connectivity index (χ1v) is 13.2. The van der Waals surface area contributed by atoms with Gasteiger partial charge in [0.15, 0.2) is 8.32 Å². The van der Waals surface area contributed by atoms with Crippen LogP contribution >= 0.6 is 0 Å². The van der Waals surface area contributed by atoms with Crippen molar-refractivity contribution in [3.8, 4) is 0 Å². The molecule has 6 heteroatoms. The molecular formula is C21H45NO4Si. The minimum atomic E-state index is -1.80. The van der Waals surface area contributed by atoms with Gasteiger partial charge in [0.1, 0.15) is 5.60 Å². The van der Waals surface area contributed by atoms with E-state index in [0.717, 1.165) is 0 Å². The van der Waals surface area contributed by atoms with E-state index < -0.39 is 26.1 Å². The van der Waals surface area contributed by atoms with Gasteiger partial charge in [-0.1, -0.05) is 41.5 Å². The fourth-order valence-corrected chi connectivity index (χ4v) is 3.62. The van der Waals surface area contributed by atoms with E-state index in [1.54, 1.807) is 0 Å². The Hall–Kier alpha value is -0.593. The van der Waals surface area contributed by atoms with Gasteiger partial charge in [0, 0.05) is 6.61 Å². The molecule has 0 aromatic carbocycles. The largest absolute Gasteiger partial charge is 0.444 e. The first-order valence-electron chi connectivity index (χ1n) is 10.3. The van der Waals surface area contributed by atoms with Gasteiger partial charge in [0.25, 0.3) is 0 Å². The molecule has 0 spiro atoms. The van der Waals surface area contributed by atoms with Crippen LogP contribution < -0.4 is 5.32 Å². The highest BCUT2D eigenvalue weighted by Gasteiger charge is 2.37. The lowest BCUT2D eigenvalue weighted by Gasteiger charge is -2.37. The van der Waals surface area contributed by atoms with Gasteiger partial charge in [0.2, 0.25) is 0 Å². The van der Waals surface area contributed by atoms with Crippen molar-refractivity contribution in [1.82, 2.24) is 5.32 Å². The van der Waals surface area contributed by atoms with Crippen LogP contribution in [0.25, 0.3) is 0 Å². The van der Waals surface area contributed by atoms with Crippen LogP contribution in [-0.2, 0) is 9.16 Å². The highest BCUT2D eigenvalue weighted by atomic mass is 28.4. The first kappa shape index (κ1) is 26.4. The van der Waals surface area contributed by atoms with E-state index in [9.17, 15) is 9.90 Å². The molecule has 3 unspecified atom stereocenters. The van der Waals surface area contributed by atoms with Crippen LogP contribution in [-0.4, -0.2) is 43.9 Å². The van der Waals surface area contributed by atoms with Crippen LogP contribution in [0.3, 0.4) is 0 Å². The molecule has 1 amide bonds. The lowest BCUT2D eigenvalue weighted by Crippen LogP contribution is -2.47. The molecule has 0 aliphatic carbocycles. The highest BCUT2D eigenvalue weighted by molar-refractivity contribution is 6.74. The normalized spacial score (nSPS) is 16.8. The third-order valence-corrected chi connectivity index (χ3v) is 9.57. The van der Waals surface area contributed by atoms with E-state index >= 15 is 0 Å². The third kappa shape index (κ3) is 11.1. The van der Waals surface area contributed by atoms with Gasteiger partial charge in [-0.3, -0.25) is 0 Å². The van der Waals surface area contributed by atoms with E-state index in [0.29, 0.717) is 25.4 Å². The molecule has 0 aromatic rings. The van der Waals surface area contributed by atoms with Crippen LogP contribution in [0, 0.1) is 11.8 Å². The number of aliphatic hydroxyl groups excluding tert-OH is 1. The SMILES string of the molecule is CC(C)CC(NC(=O)OC(C)(C)C)C(O)CC(C)CO[Si](C)(C)C(C)(C)C. The average molecular weight is 404 g/mol. The Balaban J connectivity index is 4.79. The number of carbonyl (C=O) groups excluding carboxylic acids is 1. The minimum absolute atomic E-state index is 0.170. The molecule has 0 rings (SSSR count). The van der Waals surface area contributed by atoms with Gasteiger partial charge in [-0.25, -0.2) is 4.79 Å². The molecule has 0 heterocycles. The summed E-state index contributed by atoms with van der Waals surface area (Å²) in [5.74, 6) is 0.572. The fourth-order valence-electron chi connectivity index (χ4n) is 2.49. The molecule has 0 aromatic heterocycles. The molecule has 0 saturated carbocycles. The molecule has 0 saturated heterocycles. The van der Waals surface area contributed by atoms with Gasteiger partial charge < -0.3 is 19.6 Å². The lowest BCUT2D eigenvalue weighted by atomic mass is 9.93. The zero-order valence-corrected chi connectivity index (χ0v) is 20.6. The molecule has 0 bridgehead atoms. The standard InChI is InChI=1S/C21H45NO4Si/c1-15(2)12-17(22-19(24)26-20(4,5)6)18(23)13-16(3)14-25-27(10,11)21(7,8)9/h15-18,23H,12-14H2,1-11H3,(H,22,24). The number of rotatable bonds is 9. The zero-order chi connectivity index (χ0) is 21.6. The van der Waals surface area contributed by atoms with Crippen molar-refractivity contribution < 1.29 is 19.1 Å². The van der Waals surface area contributed by atoms with Crippen LogP contribution in [0.2, 0.25) is 18.1 Å². The van der Waals surface area contributed by atoms with Crippen molar-refractivity contribution in [2.45, 2.75) is 111 Å². The van der Waals surface area contributed by atoms with Gasteiger partial charge in [-0.05, 0) is 63.6 Å².